The summed E-state index contributed by atoms with van der Waals surface area (Å²) in [5.74, 6) is 0.923. The summed E-state index contributed by atoms with van der Waals surface area (Å²) in [4.78, 5) is 24.6. The number of amides is 1. The molecule has 2 N–H and O–H groups in total. The number of hydrogen-bond acceptors (Lipinski definition) is 7. The van der Waals surface area contributed by atoms with Crippen molar-refractivity contribution in [3.63, 3.8) is 0 Å². The van der Waals surface area contributed by atoms with Crippen molar-refractivity contribution < 1.29 is 9.53 Å². The van der Waals surface area contributed by atoms with Crippen LogP contribution in [0, 0.1) is 0 Å². The van der Waals surface area contributed by atoms with Gasteiger partial charge in [0.15, 0.2) is 5.13 Å². The van der Waals surface area contributed by atoms with E-state index in [1.807, 2.05) is 24.3 Å². The van der Waals surface area contributed by atoms with Crippen LogP contribution in [0.2, 0.25) is 0 Å². The molecule has 24 heavy (non-hydrogen) atoms. The maximum Gasteiger partial charge on any atom is 0.271 e. The van der Waals surface area contributed by atoms with Gasteiger partial charge in [0.1, 0.15) is 11.4 Å². The Morgan fingerprint density at radius 3 is 2.79 bits per heavy atom. The van der Waals surface area contributed by atoms with Gasteiger partial charge in [-0.3, -0.25) is 4.79 Å². The van der Waals surface area contributed by atoms with E-state index in [0.29, 0.717) is 23.3 Å². The molecule has 0 aliphatic rings. The van der Waals surface area contributed by atoms with Gasteiger partial charge in [-0.25, -0.2) is 15.0 Å². The van der Waals surface area contributed by atoms with Crippen molar-refractivity contribution in [3.8, 4) is 5.75 Å². The average Bonchev–Trinajstić information content (AvgIpc) is 3.09. The van der Waals surface area contributed by atoms with Crippen LogP contribution in [-0.2, 0) is 6.54 Å². The second kappa shape index (κ2) is 7.51. The maximum absolute atomic E-state index is 12.2. The zero-order valence-electron chi connectivity index (χ0n) is 12.9. The summed E-state index contributed by atoms with van der Waals surface area (Å²) in [5, 5.41) is 8.03. The van der Waals surface area contributed by atoms with Gasteiger partial charge >= 0.3 is 0 Å². The van der Waals surface area contributed by atoms with Crippen molar-refractivity contribution in [3.05, 3.63) is 59.4 Å². The number of carbonyl (C=O) groups is 1. The molecule has 0 saturated carbocycles. The molecule has 0 spiro atoms. The first kappa shape index (κ1) is 15.9. The quantitative estimate of drug-likeness (QED) is 0.716. The van der Waals surface area contributed by atoms with Crippen molar-refractivity contribution >= 4 is 28.3 Å². The number of nitrogens with zero attached hydrogens (tertiary/aromatic N) is 3. The molecule has 0 bridgehead atoms. The topological polar surface area (TPSA) is 89.0 Å². The van der Waals surface area contributed by atoms with Crippen LogP contribution in [0.15, 0.2) is 48.1 Å². The standard InChI is InChI=1S/C16H15N5O2S/c1-23-13-6-3-2-5-11(13)9-19-14(22)12-10-24-16(20-12)21-15-17-7-4-8-18-15/h2-8,10H,9H2,1H3,(H,19,22)(H,17,18,20,21). The van der Waals surface area contributed by atoms with Crippen LogP contribution in [-0.4, -0.2) is 28.0 Å². The summed E-state index contributed by atoms with van der Waals surface area (Å²) >= 11 is 1.31. The molecule has 0 aliphatic heterocycles. The van der Waals surface area contributed by atoms with Gasteiger partial charge in [0, 0.05) is 29.9 Å². The molecule has 0 atom stereocenters. The molecule has 0 fully saturated rings. The fraction of sp³-hybridized carbons (Fsp3) is 0.125. The number of methoxy groups -OCH3 is 1. The third-order valence-corrected chi connectivity index (χ3v) is 3.91. The highest BCUT2D eigenvalue weighted by Gasteiger charge is 2.12. The van der Waals surface area contributed by atoms with E-state index in [0.717, 1.165) is 11.3 Å². The van der Waals surface area contributed by atoms with Crippen molar-refractivity contribution in [2.24, 2.45) is 0 Å². The Hall–Kier alpha value is -3.00. The molecule has 3 aromatic rings. The number of thiazole rings is 1. The number of ether oxygens (including phenoxy) is 1. The lowest BCUT2D eigenvalue weighted by atomic mass is 10.2. The summed E-state index contributed by atoms with van der Waals surface area (Å²) in [7, 11) is 1.60. The maximum atomic E-state index is 12.2. The summed E-state index contributed by atoms with van der Waals surface area (Å²) in [5.41, 5.74) is 1.24. The molecule has 7 nitrogen and oxygen atoms in total. The monoisotopic (exact) mass is 341 g/mol. The van der Waals surface area contributed by atoms with E-state index in [2.05, 4.69) is 25.6 Å². The predicted octanol–water partition coefficient (Wildman–Crippen LogP) is 2.62. The minimum absolute atomic E-state index is 0.251. The van der Waals surface area contributed by atoms with Gasteiger partial charge in [-0.15, -0.1) is 11.3 Å². The fourth-order valence-corrected chi connectivity index (χ4v) is 2.69. The predicted molar refractivity (Wildman–Crippen MR) is 91.6 cm³/mol. The van der Waals surface area contributed by atoms with Gasteiger partial charge in [-0.2, -0.15) is 0 Å². The van der Waals surface area contributed by atoms with E-state index < -0.39 is 0 Å². The Morgan fingerprint density at radius 2 is 2.00 bits per heavy atom. The number of benzene rings is 1. The Labute approximate surface area is 142 Å². The SMILES string of the molecule is COc1ccccc1CNC(=O)c1csc(Nc2ncccn2)n1. The van der Waals surface area contributed by atoms with Gasteiger partial charge in [0.05, 0.1) is 7.11 Å². The molecule has 122 valence electrons. The molecule has 2 aromatic heterocycles. The highest BCUT2D eigenvalue weighted by Crippen LogP contribution is 2.19. The van der Waals surface area contributed by atoms with Crippen molar-refractivity contribution in [1.29, 1.82) is 0 Å². The lowest BCUT2D eigenvalue weighted by molar-refractivity contribution is 0.0946. The molecule has 0 saturated heterocycles. The number of para-hydroxylation sites is 1. The van der Waals surface area contributed by atoms with Crippen LogP contribution < -0.4 is 15.4 Å². The number of aromatic nitrogens is 3. The van der Waals surface area contributed by atoms with E-state index in [1.54, 1.807) is 30.9 Å². The van der Waals surface area contributed by atoms with Gasteiger partial charge in [-0.05, 0) is 12.1 Å². The fourth-order valence-electron chi connectivity index (χ4n) is 2.01. The third-order valence-electron chi connectivity index (χ3n) is 3.15. The first-order valence-electron chi connectivity index (χ1n) is 7.16. The molecule has 8 heteroatoms. The van der Waals surface area contributed by atoms with Crippen molar-refractivity contribution in [1.82, 2.24) is 20.3 Å². The Bertz CT molecular complexity index is 822. The van der Waals surface area contributed by atoms with E-state index in [4.69, 9.17) is 4.74 Å². The van der Waals surface area contributed by atoms with Gasteiger partial charge in [0.25, 0.3) is 5.91 Å². The highest BCUT2D eigenvalue weighted by molar-refractivity contribution is 7.14. The molecule has 0 unspecified atom stereocenters. The van der Waals surface area contributed by atoms with Crippen LogP contribution in [0.5, 0.6) is 5.75 Å². The number of nitrogens with one attached hydrogen (secondary N) is 2. The molecule has 1 amide bonds. The summed E-state index contributed by atoms with van der Waals surface area (Å²) in [6, 6.07) is 9.26. The summed E-state index contributed by atoms with van der Waals surface area (Å²) < 4.78 is 5.27. The average molecular weight is 341 g/mol. The second-order valence-corrected chi connectivity index (χ2v) is 5.59. The molecule has 0 aliphatic carbocycles. The van der Waals surface area contributed by atoms with E-state index in [9.17, 15) is 4.79 Å². The first-order chi connectivity index (χ1) is 11.8. The van der Waals surface area contributed by atoms with Crippen LogP contribution in [0.3, 0.4) is 0 Å². The molecular formula is C16H15N5O2S. The lowest BCUT2D eigenvalue weighted by Crippen LogP contribution is -2.23. The number of carbonyl (C=O) groups excluding carboxylic acids is 1. The summed E-state index contributed by atoms with van der Waals surface area (Å²) in [6.45, 7) is 0.366. The van der Waals surface area contributed by atoms with Crippen LogP contribution in [0.4, 0.5) is 11.1 Å². The number of hydrogen-bond donors (Lipinski definition) is 2. The van der Waals surface area contributed by atoms with E-state index in [-0.39, 0.29) is 5.91 Å². The molecular weight excluding hydrogens is 326 g/mol. The molecule has 1 aromatic carbocycles. The second-order valence-electron chi connectivity index (χ2n) is 4.73. The van der Waals surface area contributed by atoms with Crippen molar-refractivity contribution in [2.45, 2.75) is 6.54 Å². The normalized spacial score (nSPS) is 10.2. The first-order valence-corrected chi connectivity index (χ1v) is 8.04. The minimum atomic E-state index is -0.251. The minimum Gasteiger partial charge on any atom is -0.496 e. The molecule has 3 rings (SSSR count). The third kappa shape index (κ3) is 3.85. The number of rotatable bonds is 6. The zero-order chi connectivity index (χ0) is 16.8. The van der Waals surface area contributed by atoms with Crippen molar-refractivity contribution in [2.75, 3.05) is 12.4 Å². The smallest absolute Gasteiger partial charge is 0.271 e. The van der Waals surface area contributed by atoms with Crippen LogP contribution >= 0.6 is 11.3 Å². The zero-order valence-corrected chi connectivity index (χ0v) is 13.7. The Kier molecular flexibility index (Phi) is 4.97. The van der Waals surface area contributed by atoms with E-state index in [1.165, 1.54) is 11.3 Å². The Balaban J connectivity index is 1.61. The highest BCUT2D eigenvalue weighted by atomic mass is 32.1. The van der Waals surface area contributed by atoms with Crippen LogP contribution in [0.1, 0.15) is 16.1 Å². The van der Waals surface area contributed by atoms with Gasteiger partial charge < -0.3 is 15.4 Å². The summed E-state index contributed by atoms with van der Waals surface area (Å²) in [6.07, 6.45) is 3.26. The van der Waals surface area contributed by atoms with E-state index >= 15 is 0 Å². The lowest BCUT2D eigenvalue weighted by Gasteiger charge is -2.08. The Morgan fingerprint density at radius 1 is 1.21 bits per heavy atom. The number of anilines is 2. The molecule has 0 radical (unpaired) electrons. The van der Waals surface area contributed by atoms with Gasteiger partial charge in [-0.1, -0.05) is 18.2 Å². The van der Waals surface area contributed by atoms with Gasteiger partial charge in [0.2, 0.25) is 5.95 Å². The molecule has 2 heterocycles. The largest absolute Gasteiger partial charge is 0.496 e. The van der Waals surface area contributed by atoms with Crippen LogP contribution in [0.25, 0.3) is 0 Å².